The van der Waals surface area contributed by atoms with Crippen molar-refractivity contribution in [2.45, 2.75) is 51.9 Å². The van der Waals surface area contributed by atoms with E-state index in [2.05, 4.69) is 37.9 Å². The third-order valence-corrected chi connectivity index (χ3v) is 5.29. The molecule has 21 heavy (non-hydrogen) atoms. The van der Waals surface area contributed by atoms with Gasteiger partial charge in [0.25, 0.3) is 0 Å². The standard InChI is InChI=1S/C16H21FN2OS/c1-5-9(2)19-15(21)18-14-10(3)16(19,4)20-13-7-6-11(17)8-12(13)14/h6-10,14H,5H2,1-4H3,(H,18,21). The molecule has 0 amide bonds. The molecule has 2 heterocycles. The number of ether oxygens (including phenoxy) is 1. The summed E-state index contributed by atoms with van der Waals surface area (Å²) >= 11 is 5.55. The summed E-state index contributed by atoms with van der Waals surface area (Å²) in [5, 5.41) is 4.07. The molecule has 0 spiro atoms. The fraction of sp³-hybridized carbons (Fsp3) is 0.562. The number of halogens is 1. The van der Waals surface area contributed by atoms with E-state index in [1.165, 1.54) is 6.07 Å². The molecule has 4 unspecified atom stereocenters. The summed E-state index contributed by atoms with van der Waals surface area (Å²) in [6.07, 6.45) is 0.981. The van der Waals surface area contributed by atoms with Gasteiger partial charge in [0, 0.05) is 17.5 Å². The third-order valence-electron chi connectivity index (χ3n) is 4.98. The molecule has 2 aliphatic rings. The first-order chi connectivity index (χ1) is 9.88. The quantitative estimate of drug-likeness (QED) is 0.844. The van der Waals surface area contributed by atoms with Crippen LogP contribution >= 0.6 is 12.2 Å². The van der Waals surface area contributed by atoms with Gasteiger partial charge in [-0.05, 0) is 50.7 Å². The first-order valence-corrected chi connectivity index (χ1v) is 7.87. The molecule has 3 rings (SSSR count). The zero-order valence-electron chi connectivity index (χ0n) is 12.8. The van der Waals surface area contributed by atoms with Gasteiger partial charge in [0.1, 0.15) is 11.6 Å². The fourth-order valence-electron chi connectivity index (χ4n) is 3.45. The Bertz CT molecular complexity index is 594. The molecule has 3 nitrogen and oxygen atoms in total. The van der Waals surface area contributed by atoms with Crippen LogP contribution in [0.5, 0.6) is 5.75 Å². The van der Waals surface area contributed by atoms with Gasteiger partial charge in [-0.3, -0.25) is 0 Å². The molecule has 0 aromatic heterocycles. The van der Waals surface area contributed by atoms with E-state index in [1.54, 1.807) is 12.1 Å². The second-order valence-electron chi connectivity index (χ2n) is 6.18. The lowest BCUT2D eigenvalue weighted by atomic mass is 9.80. The van der Waals surface area contributed by atoms with Crippen LogP contribution in [-0.2, 0) is 0 Å². The Kier molecular flexibility index (Phi) is 3.35. The minimum Gasteiger partial charge on any atom is -0.467 e. The van der Waals surface area contributed by atoms with Crippen molar-refractivity contribution in [1.29, 1.82) is 0 Å². The molecular weight excluding hydrogens is 287 g/mol. The summed E-state index contributed by atoms with van der Waals surface area (Å²) < 4.78 is 19.9. The van der Waals surface area contributed by atoms with E-state index < -0.39 is 5.72 Å². The Morgan fingerprint density at radius 1 is 1.52 bits per heavy atom. The van der Waals surface area contributed by atoms with Crippen LogP contribution in [0.4, 0.5) is 4.39 Å². The summed E-state index contributed by atoms with van der Waals surface area (Å²) in [4.78, 5) is 2.15. The maximum absolute atomic E-state index is 13.6. The molecule has 1 saturated heterocycles. The highest BCUT2D eigenvalue weighted by Crippen LogP contribution is 2.48. The van der Waals surface area contributed by atoms with E-state index >= 15 is 0 Å². The minimum absolute atomic E-state index is 0.0118. The van der Waals surface area contributed by atoms with E-state index in [4.69, 9.17) is 17.0 Å². The zero-order chi connectivity index (χ0) is 15.4. The maximum atomic E-state index is 13.6. The maximum Gasteiger partial charge on any atom is 0.187 e. The number of thiocarbonyl (C=S) groups is 1. The molecule has 114 valence electrons. The summed E-state index contributed by atoms with van der Waals surface area (Å²) in [6.45, 7) is 8.49. The highest BCUT2D eigenvalue weighted by atomic mass is 32.1. The molecule has 2 bridgehead atoms. The Balaban J connectivity index is 2.11. The van der Waals surface area contributed by atoms with Crippen LogP contribution < -0.4 is 10.1 Å². The van der Waals surface area contributed by atoms with Crippen molar-refractivity contribution < 1.29 is 9.13 Å². The predicted octanol–water partition coefficient (Wildman–Crippen LogP) is 3.60. The smallest absolute Gasteiger partial charge is 0.187 e. The Morgan fingerprint density at radius 3 is 2.90 bits per heavy atom. The highest BCUT2D eigenvalue weighted by Gasteiger charge is 2.54. The lowest BCUT2D eigenvalue weighted by Crippen LogP contribution is -2.70. The summed E-state index contributed by atoms with van der Waals surface area (Å²) in [7, 11) is 0. The first-order valence-electron chi connectivity index (χ1n) is 7.46. The van der Waals surface area contributed by atoms with Gasteiger partial charge >= 0.3 is 0 Å². The van der Waals surface area contributed by atoms with Gasteiger partial charge in [-0.1, -0.05) is 13.8 Å². The number of hydrogen-bond donors (Lipinski definition) is 1. The Labute approximate surface area is 130 Å². The molecule has 0 radical (unpaired) electrons. The van der Waals surface area contributed by atoms with Gasteiger partial charge in [-0.2, -0.15) is 0 Å². The summed E-state index contributed by atoms with van der Waals surface area (Å²) in [5.41, 5.74) is 0.346. The van der Waals surface area contributed by atoms with Gasteiger partial charge in [0.15, 0.2) is 10.8 Å². The topological polar surface area (TPSA) is 24.5 Å². The van der Waals surface area contributed by atoms with Crippen LogP contribution in [0.25, 0.3) is 0 Å². The monoisotopic (exact) mass is 308 g/mol. The summed E-state index contributed by atoms with van der Waals surface area (Å²) in [5.74, 6) is 0.656. The van der Waals surface area contributed by atoms with Gasteiger partial charge in [0.05, 0.1) is 6.04 Å². The van der Waals surface area contributed by atoms with Crippen molar-refractivity contribution in [3.63, 3.8) is 0 Å². The molecule has 0 aliphatic carbocycles. The Hall–Kier alpha value is -1.36. The molecular formula is C16H21FN2OS. The molecule has 1 aromatic carbocycles. The van der Waals surface area contributed by atoms with Crippen LogP contribution in [0, 0.1) is 11.7 Å². The number of nitrogens with zero attached hydrogens (tertiary/aromatic N) is 1. The van der Waals surface area contributed by atoms with Crippen LogP contribution in [0.3, 0.4) is 0 Å². The van der Waals surface area contributed by atoms with Crippen LogP contribution in [0.1, 0.15) is 45.7 Å². The van der Waals surface area contributed by atoms with Gasteiger partial charge in [0.2, 0.25) is 0 Å². The van der Waals surface area contributed by atoms with Crippen LogP contribution in [-0.4, -0.2) is 21.8 Å². The van der Waals surface area contributed by atoms with E-state index in [-0.39, 0.29) is 23.8 Å². The zero-order valence-corrected chi connectivity index (χ0v) is 13.6. The Morgan fingerprint density at radius 2 is 2.24 bits per heavy atom. The largest absolute Gasteiger partial charge is 0.467 e. The molecule has 1 N–H and O–H groups in total. The van der Waals surface area contributed by atoms with Gasteiger partial charge in [-0.25, -0.2) is 4.39 Å². The average molecular weight is 308 g/mol. The van der Waals surface area contributed by atoms with E-state index in [0.717, 1.165) is 17.7 Å². The van der Waals surface area contributed by atoms with Crippen molar-refractivity contribution in [3.05, 3.63) is 29.6 Å². The van der Waals surface area contributed by atoms with Gasteiger partial charge < -0.3 is 15.0 Å². The summed E-state index contributed by atoms with van der Waals surface area (Å²) in [6, 6.07) is 4.97. The fourth-order valence-corrected chi connectivity index (χ4v) is 3.93. The van der Waals surface area contributed by atoms with E-state index in [1.807, 2.05) is 0 Å². The highest BCUT2D eigenvalue weighted by molar-refractivity contribution is 7.80. The number of rotatable bonds is 2. The lowest BCUT2D eigenvalue weighted by molar-refractivity contribution is -0.124. The molecule has 1 aromatic rings. The number of nitrogens with one attached hydrogen (secondary N) is 1. The number of benzene rings is 1. The predicted molar refractivity (Wildman–Crippen MR) is 84.7 cm³/mol. The van der Waals surface area contributed by atoms with E-state index in [9.17, 15) is 4.39 Å². The van der Waals surface area contributed by atoms with Crippen molar-refractivity contribution in [1.82, 2.24) is 10.2 Å². The van der Waals surface area contributed by atoms with Crippen molar-refractivity contribution in [2.24, 2.45) is 5.92 Å². The second kappa shape index (κ2) is 4.83. The molecule has 1 fully saturated rings. The molecule has 4 atom stereocenters. The van der Waals surface area contributed by atoms with E-state index in [0.29, 0.717) is 5.11 Å². The van der Waals surface area contributed by atoms with Crippen LogP contribution in [0.15, 0.2) is 18.2 Å². The van der Waals surface area contributed by atoms with Crippen molar-refractivity contribution in [2.75, 3.05) is 0 Å². The SMILES string of the molecule is CCC(C)N1C(=S)NC2c3cc(F)ccc3OC1(C)C2C. The molecule has 0 saturated carbocycles. The average Bonchev–Trinajstić information content (AvgIpc) is 2.43. The number of fused-ring (bicyclic) bond motifs is 4. The lowest BCUT2D eigenvalue weighted by Gasteiger charge is -2.57. The van der Waals surface area contributed by atoms with Gasteiger partial charge in [-0.15, -0.1) is 0 Å². The van der Waals surface area contributed by atoms with Crippen molar-refractivity contribution >= 4 is 17.3 Å². The molecule has 5 heteroatoms. The third kappa shape index (κ3) is 2.01. The van der Waals surface area contributed by atoms with Crippen molar-refractivity contribution in [3.8, 4) is 5.75 Å². The second-order valence-corrected chi connectivity index (χ2v) is 6.57. The molecule has 2 aliphatic heterocycles. The normalized spacial score (nSPS) is 32.0. The number of hydrogen-bond acceptors (Lipinski definition) is 2. The van der Waals surface area contributed by atoms with Crippen LogP contribution in [0.2, 0.25) is 0 Å². The first kappa shape index (κ1) is 14.6. The minimum atomic E-state index is -0.507.